The first-order chi connectivity index (χ1) is 5.93. The number of nitrogens with zero attached hydrogens (tertiary/aromatic N) is 1. The van der Waals surface area contributed by atoms with Crippen LogP contribution in [0.25, 0.3) is 0 Å². The van der Waals surface area contributed by atoms with Gasteiger partial charge in [0.25, 0.3) is 0 Å². The fraction of sp³-hybridized carbons (Fsp3) is 0.900. The smallest absolute Gasteiger partial charge is 0.227 e. The molecule has 0 saturated heterocycles. The van der Waals surface area contributed by atoms with Crippen LogP contribution in [-0.2, 0) is 4.79 Å². The van der Waals surface area contributed by atoms with Gasteiger partial charge in [-0.15, -0.1) is 0 Å². The van der Waals surface area contributed by atoms with Crippen LogP contribution in [0, 0.1) is 5.41 Å². The van der Waals surface area contributed by atoms with Crippen LogP contribution in [0.1, 0.15) is 34.1 Å². The summed E-state index contributed by atoms with van der Waals surface area (Å²) in [6, 6.07) is 0. The zero-order chi connectivity index (χ0) is 10.5. The van der Waals surface area contributed by atoms with Crippen molar-refractivity contribution in [1.82, 2.24) is 4.90 Å². The highest BCUT2D eigenvalue weighted by Gasteiger charge is 2.25. The third kappa shape index (κ3) is 4.84. The molecule has 0 aromatic heterocycles. The molecule has 0 N–H and O–H groups in total. The van der Waals surface area contributed by atoms with Crippen LogP contribution in [0.15, 0.2) is 0 Å². The van der Waals surface area contributed by atoms with Gasteiger partial charge in [-0.3, -0.25) is 4.79 Å². The van der Waals surface area contributed by atoms with Gasteiger partial charge in [-0.25, -0.2) is 0 Å². The van der Waals surface area contributed by atoms with Crippen molar-refractivity contribution in [2.24, 2.45) is 5.41 Å². The molecule has 0 fully saturated rings. The quantitative estimate of drug-likeness (QED) is 0.577. The van der Waals surface area contributed by atoms with Crippen LogP contribution < -0.4 is 0 Å². The summed E-state index contributed by atoms with van der Waals surface area (Å²) in [6.07, 6.45) is 1.09. The summed E-state index contributed by atoms with van der Waals surface area (Å²) in [7, 11) is 0. The Hall–Kier alpha value is 0.200. The summed E-state index contributed by atoms with van der Waals surface area (Å²) >= 11 is 2.34. The van der Waals surface area contributed by atoms with E-state index in [-0.39, 0.29) is 11.3 Å². The second kappa shape index (κ2) is 5.83. The van der Waals surface area contributed by atoms with Gasteiger partial charge in [0.2, 0.25) is 5.91 Å². The number of amides is 1. The van der Waals surface area contributed by atoms with E-state index in [0.29, 0.717) is 0 Å². The molecule has 0 aliphatic heterocycles. The molecule has 0 saturated carbocycles. The van der Waals surface area contributed by atoms with Crippen molar-refractivity contribution in [2.75, 3.05) is 17.5 Å². The molecule has 0 radical (unpaired) electrons. The molecule has 0 spiro atoms. The van der Waals surface area contributed by atoms with E-state index in [0.717, 1.165) is 23.9 Å². The lowest BCUT2D eigenvalue weighted by Gasteiger charge is -2.28. The molecular weight excluding hydrogens is 277 g/mol. The fourth-order valence-corrected chi connectivity index (χ4v) is 1.47. The van der Waals surface area contributed by atoms with E-state index in [4.69, 9.17) is 0 Å². The van der Waals surface area contributed by atoms with Gasteiger partial charge < -0.3 is 4.90 Å². The highest BCUT2D eigenvalue weighted by atomic mass is 127. The Balaban J connectivity index is 4.16. The monoisotopic (exact) mass is 297 g/mol. The highest BCUT2D eigenvalue weighted by molar-refractivity contribution is 14.1. The van der Waals surface area contributed by atoms with Crippen molar-refractivity contribution >= 4 is 28.5 Å². The molecule has 0 bridgehead atoms. The Kier molecular flexibility index (Phi) is 5.92. The Morgan fingerprint density at radius 1 is 1.38 bits per heavy atom. The lowest BCUT2D eigenvalue weighted by molar-refractivity contribution is -0.139. The molecule has 0 aromatic rings. The van der Waals surface area contributed by atoms with Gasteiger partial charge in [0.1, 0.15) is 0 Å². The summed E-state index contributed by atoms with van der Waals surface area (Å²) in [4.78, 5) is 13.8. The van der Waals surface area contributed by atoms with Crippen molar-refractivity contribution in [3.8, 4) is 0 Å². The summed E-state index contributed by atoms with van der Waals surface area (Å²) < 4.78 is 1.12. The molecule has 0 aliphatic carbocycles. The van der Waals surface area contributed by atoms with Crippen LogP contribution in [0.2, 0.25) is 0 Å². The Morgan fingerprint density at radius 2 is 1.92 bits per heavy atom. The lowest BCUT2D eigenvalue weighted by Crippen LogP contribution is -2.40. The Bertz CT molecular complexity index is 163. The van der Waals surface area contributed by atoms with Gasteiger partial charge in [0.05, 0.1) is 0 Å². The first-order valence-electron chi connectivity index (χ1n) is 4.78. The summed E-state index contributed by atoms with van der Waals surface area (Å²) in [5.74, 6) is 0.264. The van der Waals surface area contributed by atoms with E-state index in [1.807, 2.05) is 32.6 Å². The molecule has 13 heavy (non-hydrogen) atoms. The largest absolute Gasteiger partial charge is 0.342 e. The predicted molar refractivity (Wildman–Crippen MR) is 65.2 cm³/mol. The summed E-state index contributed by atoms with van der Waals surface area (Å²) in [6.45, 7) is 9.69. The molecule has 0 heterocycles. The molecule has 0 unspecified atom stereocenters. The van der Waals surface area contributed by atoms with Gasteiger partial charge in [-0.1, -0.05) is 43.4 Å². The maximum atomic E-state index is 11.8. The average molecular weight is 297 g/mol. The van der Waals surface area contributed by atoms with E-state index in [2.05, 4.69) is 22.6 Å². The number of hydrogen-bond acceptors (Lipinski definition) is 1. The molecule has 0 aromatic carbocycles. The van der Waals surface area contributed by atoms with Crippen molar-refractivity contribution in [1.29, 1.82) is 0 Å². The van der Waals surface area contributed by atoms with Crippen LogP contribution in [0.4, 0.5) is 0 Å². The predicted octanol–water partition coefficient (Wildman–Crippen LogP) is 2.71. The van der Waals surface area contributed by atoms with Crippen LogP contribution in [0.5, 0.6) is 0 Å². The second-order valence-electron chi connectivity index (χ2n) is 4.18. The maximum absolute atomic E-state index is 11.8. The Morgan fingerprint density at radius 3 is 2.23 bits per heavy atom. The van der Waals surface area contributed by atoms with Crippen LogP contribution in [0.3, 0.4) is 0 Å². The van der Waals surface area contributed by atoms with Crippen molar-refractivity contribution < 1.29 is 4.79 Å². The van der Waals surface area contributed by atoms with E-state index in [1.165, 1.54) is 0 Å². The van der Waals surface area contributed by atoms with Crippen LogP contribution >= 0.6 is 22.6 Å². The molecule has 0 rings (SSSR count). The van der Waals surface area contributed by atoms with E-state index in [9.17, 15) is 4.79 Å². The topological polar surface area (TPSA) is 20.3 Å². The zero-order valence-electron chi connectivity index (χ0n) is 9.06. The summed E-state index contributed by atoms with van der Waals surface area (Å²) in [5.41, 5.74) is -0.235. The minimum absolute atomic E-state index is 0.235. The Labute approximate surface area is 95.2 Å². The van der Waals surface area contributed by atoms with Gasteiger partial charge >= 0.3 is 0 Å². The number of carbonyl (C=O) groups is 1. The normalized spacial score (nSPS) is 11.5. The van der Waals surface area contributed by atoms with E-state index in [1.54, 1.807) is 0 Å². The minimum atomic E-state index is -0.235. The lowest BCUT2D eigenvalue weighted by atomic mass is 9.94. The maximum Gasteiger partial charge on any atom is 0.227 e. The van der Waals surface area contributed by atoms with E-state index < -0.39 is 0 Å². The van der Waals surface area contributed by atoms with E-state index >= 15 is 0 Å². The number of carbonyl (C=O) groups excluding carboxylic acids is 1. The number of alkyl halides is 1. The fourth-order valence-electron chi connectivity index (χ4n) is 1.13. The molecule has 78 valence electrons. The first-order valence-corrected chi connectivity index (χ1v) is 6.31. The first kappa shape index (κ1) is 13.2. The molecule has 0 aliphatic rings. The molecule has 2 nitrogen and oxygen atoms in total. The van der Waals surface area contributed by atoms with Crippen molar-refractivity contribution in [3.05, 3.63) is 0 Å². The molecule has 1 amide bonds. The number of hydrogen-bond donors (Lipinski definition) is 0. The average Bonchev–Trinajstić information content (AvgIpc) is 2.04. The zero-order valence-corrected chi connectivity index (χ0v) is 11.2. The highest BCUT2D eigenvalue weighted by Crippen LogP contribution is 2.17. The SMILES string of the molecule is CCN(CCCI)C(=O)C(C)(C)C. The van der Waals surface area contributed by atoms with Gasteiger partial charge in [-0.05, 0) is 13.3 Å². The van der Waals surface area contributed by atoms with Gasteiger partial charge in [-0.2, -0.15) is 0 Å². The minimum Gasteiger partial charge on any atom is -0.342 e. The van der Waals surface area contributed by atoms with Gasteiger partial charge in [0.15, 0.2) is 0 Å². The number of rotatable bonds is 4. The molecular formula is C10H20INO. The number of halogens is 1. The second-order valence-corrected chi connectivity index (χ2v) is 5.26. The van der Waals surface area contributed by atoms with Crippen molar-refractivity contribution in [2.45, 2.75) is 34.1 Å². The van der Waals surface area contributed by atoms with Gasteiger partial charge in [0, 0.05) is 22.9 Å². The molecule has 3 heteroatoms. The molecule has 0 atom stereocenters. The summed E-state index contributed by atoms with van der Waals surface area (Å²) in [5, 5.41) is 0. The third-order valence-electron chi connectivity index (χ3n) is 1.87. The standard InChI is InChI=1S/C10H20INO/c1-5-12(8-6-7-11)9(13)10(2,3)4/h5-8H2,1-4H3. The van der Waals surface area contributed by atoms with Crippen LogP contribution in [-0.4, -0.2) is 28.3 Å². The van der Waals surface area contributed by atoms with Crippen molar-refractivity contribution in [3.63, 3.8) is 0 Å². The third-order valence-corrected chi connectivity index (χ3v) is 2.63.